The van der Waals surface area contributed by atoms with E-state index in [4.69, 9.17) is 24.7 Å². The summed E-state index contributed by atoms with van der Waals surface area (Å²) < 4.78 is 25.6. The zero-order chi connectivity index (χ0) is 32.4. The van der Waals surface area contributed by atoms with E-state index in [0.717, 1.165) is 24.0 Å². The van der Waals surface area contributed by atoms with Crippen molar-refractivity contribution in [3.05, 3.63) is 77.4 Å². The molecule has 2 aromatic rings. The van der Waals surface area contributed by atoms with Gasteiger partial charge in [-0.25, -0.2) is 0 Å². The summed E-state index contributed by atoms with van der Waals surface area (Å²) in [6, 6.07) is 12.9. The molecule has 1 aliphatic heterocycles. The van der Waals surface area contributed by atoms with Crippen LogP contribution in [0.3, 0.4) is 0 Å². The highest BCUT2D eigenvalue weighted by molar-refractivity contribution is 6.01. The van der Waals surface area contributed by atoms with Gasteiger partial charge in [0, 0.05) is 22.4 Å². The number of nitrogen functional groups attached to an aromatic ring is 1. The van der Waals surface area contributed by atoms with Crippen LogP contribution in [0.2, 0.25) is 0 Å². The standard InChI is InChI=1S/C37H43NO8/c1-4-43-30-11-9-25(44-20-21-6-5-7-23(38)14-21)16-27(30)34-45-32-17-28-26-10-8-22-15-24(40)12-13-35(22,2)33(26)29(41)18-36(28,3)37(32,46-34)31(42)19-39/h5-7,9,11-16,26,28-29,32-34,39,41H,4,8,10,17-20,38H2,1-3H3/t26-,28-,29-,32+,33+,34-,35-,36-,37+/m0/s1. The van der Waals surface area contributed by atoms with Gasteiger partial charge in [-0.15, -0.1) is 0 Å². The molecule has 1 saturated heterocycles. The van der Waals surface area contributed by atoms with Crippen LogP contribution in [0.15, 0.2) is 66.3 Å². The molecule has 0 spiro atoms. The fourth-order valence-corrected chi connectivity index (χ4v) is 9.76. The van der Waals surface area contributed by atoms with Gasteiger partial charge in [-0.1, -0.05) is 37.6 Å². The zero-order valence-corrected chi connectivity index (χ0v) is 26.6. The maximum atomic E-state index is 14.0. The number of rotatable bonds is 8. The van der Waals surface area contributed by atoms with Crippen LogP contribution in [-0.4, -0.2) is 52.8 Å². The van der Waals surface area contributed by atoms with Crippen molar-refractivity contribution < 1.29 is 38.7 Å². The van der Waals surface area contributed by atoms with Crippen LogP contribution in [0.25, 0.3) is 0 Å². The summed E-state index contributed by atoms with van der Waals surface area (Å²) in [5.41, 5.74) is 6.48. The van der Waals surface area contributed by atoms with E-state index in [1.165, 1.54) is 0 Å². The van der Waals surface area contributed by atoms with Crippen molar-refractivity contribution >= 4 is 17.3 Å². The predicted octanol–water partition coefficient (Wildman–Crippen LogP) is 4.85. The zero-order valence-electron chi connectivity index (χ0n) is 26.6. The highest BCUT2D eigenvalue weighted by atomic mass is 16.7. The maximum absolute atomic E-state index is 14.0. The van der Waals surface area contributed by atoms with Crippen molar-refractivity contribution in [1.29, 1.82) is 0 Å². The number of benzene rings is 2. The van der Waals surface area contributed by atoms with Gasteiger partial charge in [-0.2, -0.15) is 0 Å². The van der Waals surface area contributed by atoms with Gasteiger partial charge in [0.1, 0.15) is 24.7 Å². The monoisotopic (exact) mass is 629 g/mol. The lowest BCUT2D eigenvalue weighted by molar-refractivity contribution is -0.201. The number of aliphatic hydroxyl groups excluding tert-OH is 2. The molecule has 9 nitrogen and oxygen atoms in total. The molecule has 1 heterocycles. The first-order valence-electron chi connectivity index (χ1n) is 16.4. The van der Waals surface area contributed by atoms with Crippen molar-refractivity contribution in [3.63, 3.8) is 0 Å². The Morgan fingerprint density at radius 3 is 2.74 bits per heavy atom. The SMILES string of the molecule is CCOc1ccc(OCc2cccc(N)c2)cc1[C@H]1O[C@@H]2C[C@H]3[C@@H]4CCC5=CC(=O)C=C[C@]5(C)[C@H]4[C@@H](O)C[C@]3(C)[C@]2(C(=O)CO)O1. The first-order chi connectivity index (χ1) is 22.0. The number of anilines is 1. The summed E-state index contributed by atoms with van der Waals surface area (Å²) in [6.45, 7) is 6.06. The third kappa shape index (κ3) is 4.58. The summed E-state index contributed by atoms with van der Waals surface area (Å²) in [7, 11) is 0. The van der Waals surface area contributed by atoms with Gasteiger partial charge in [0.05, 0.1) is 24.4 Å². The van der Waals surface area contributed by atoms with Crippen LogP contribution in [0, 0.1) is 28.6 Å². The van der Waals surface area contributed by atoms with Crippen molar-refractivity contribution in [2.45, 2.75) is 77.2 Å². The van der Waals surface area contributed by atoms with E-state index >= 15 is 0 Å². The lowest BCUT2D eigenvalue weighted by Gasteiger charge is -2.59. The fourth-order valence-electron chi connectivity index (χ4n) is 9.76. The second kappa shape index (κ2) is 11.3. The van der Waals surface area contributed by atoms with Gasteiger partial charge >= 0.3 is 0 Å². The molecule has 4 aliphatic carbocycles. The number of Topliss-reactive ketones (excluding diaryl/α,β-unsaturated/α-hetero) is 1. The van der Waals surface area contributed by atoms with Gasteiger partial charge < -0.3 is 34.9 Å². The highest BCUT2D eigenvalue weighted by Gasteiger charge is 2.76. The summed E-state index contributed by atoms with van der Waals surface area (Å²) in [4.78, 5) is 26.2. The van der Waals surface area contributed by atoms with E-state index in [0.29, 0.717) is 48.8 Å². The van der Waals surface area contributed by atoms with Crippen LogP contribution in [-0.2, 0) is 25.7 Å². The van der Waals surface area contributed by atoms with E-state index in [9.17, 15) is 19.8 Å². The minimum absolute atomic E-state index is 0.00564. The van der Waals surface area contributed by atoms with Crippen LogP contribution < -0.4 is 15.2 Å². The summed E-state index contributed by atoms with van der Waals surface area (Å²) in [6.07, 6.45) is 5.41. The molecule has 9 heteroatoms. The molecule has 5 aliphatic rings. The number of carbonyl (C=O) groups is 2. The summed E-state index contributed by atoms with van der Waals surface area (Å²) in [5.74, 6) is 0.660. The first kappa shape index (κ1) is 31.1. The average molecular weight is 630 g/mol. The quantitative estimate of drug-likeness (QED) is 0.350. The Labute approximate surface area is 269 Å². The Hall–Kier alpha value is -3.50. The minimum atomic E-state index is -1.46. The number of carbonyl (C=O) groups excluding carboxylic acids is 2. The maximum Gasteiger partial charge on any atom is 0.193 e. The number of ketones is 2. The number of ether oxygens (including phenoxy) is 4. The Morgan fingerprint density at radius 2 is 1.98 bits per heavy atom. The molecular formula is C37H43NO8. The highest BCUT2D eigenvalue weighted by Crippen LogP contribution is 2.70. The van der Waals surface area contributed by atoms with Crippen molar-refractivity contribution in [3.8, 4) is 11.5 Å². The lowest BCUT2D eigenvalue weighted by atomic mass is 9.46. The van der Waals surface area contributed by atoms with Crippen LogP contribution in [0.4, 0.5) is 5.69 Å². The molecule has 9 atom stereocenters. The molecule has 0 unspecified atom stereocenters. The van der Waals surface area contributed by atoms with E-state index in [1.807, 2.05) is 62.4 Å². The fraction of sp³-hybridized carbons (Fsp3) is 0.514. The number of fused-ring (bicyclic) bond motifs is 7. The topological polar surface area (TPSA) is 138 Å². The van der Waals surface area contributed by atoms with E-state index in [2.05, 4.69) is 6.92 Å². The first-order valence-corrected chi connectivity index (χ1v) is 16.4. The van der Waals surface area contributed by atoms with Gasteiger partial charge in [-0.05, 0) is 92.5 Å². The summed E-state index contributed by atoms with van der Waals surface area (Å²) in [5, 5.41) is 22.3. The number of aliphatic hydroxyl groups is 2. The Kier molecular flexibility index (Phi) is 7.67. The molecule has 2 aromatic carbocycles. The van der Waals surface area contributed by atoms with Crippen molar-refractivity contribution in [2.24, 2.45) is 28.6 Å². The van der Waals surface area contributed by atoms with Gasteiger partial charge in [0.25, 0.3) is 0 Å². The number of nitrogens with two attached hydrogens (primary N) is 1. The molecule has 0 aromatic heterocycles. The largest absolute Gasteiger partial charge is 0.493 e. The molecular weight excluding hydrogens is 586 g/mol. The number of hydrogen-bond acceptors (Lipinski definition) is 9. The Balaban J connectivity index is 1.21. The molecule has 244 valence electrons. The van der Waals surface area contributed by atoms with Crippen molar-refractivity contribution in [1.82, 2.24) is 0 Å². The van der Waals surface area contributed by atoms with Crippen LogP contribution in [0.1, 0.15) is 63.9 Å². The van der Waals surface area contributed by atoms with E-state index in [-0.39, 0.29) is 23.5 Å². The third-order valence-corrected chi connectivity index (χ3v) is 11.7. The van der Waals surface area contributed by atoms with Crippen LogP contribution in [0.5, 0.6) is 11.5 Å². The molecule has 3 saturated carbocycles. The molecule has 0 bridgehead atoms. The Morgan fingerprint density at radius 1 is 1.15 bits per heavy atom. The second-order valence-corrected chi connectivity index (χ2v) is 14.0. The normalized spacial score (nSPS) is 37.5. The third-order valence-electron chi connectivity index (χ3n) is 11.7. The van der Waals surface area contributed by atoms with Crippen LogP contribution >= 0.6 is 0 Å². The Bertz CT molecular complexity index is 1620. The summed E-state index contributed by atoms with van der Waals surface area (Å²) >= 11 is 0. The molecule has 4 fully saturated rings. The predicted molar refractivity (Wildman–Crippen MR) is 170 cm³/mol. The molecule has 4 N–H and O–H groups in total. The number of allylic oxidation sites excluding steroid dienone is 4. The number of hydrogen-bond donors (Lipinski definition) is 3. The van der Waals surface area contributed by atoms with Gasteiger partial charge in [-0.3, -0.25) is 9.59 Å². The smallest absolute Gasteiger partial charge is 0.193 e. The van der Waals surface area contributed by atoms with Gasteiger partial charge in [0.2, 0.25) is 0 Å². The molecule has 0 radical (unpaired) electrons. The van der Waals surface area contributed by atoms with E-state index < -0.39 is 47.3 Å². The van der Waals surface area contributed by atoms with Gasteiger partial charge in [0.15, 0.2) is 23.5 Å². The van der Waals surface area contributed by atoms with E-state index in [1.54, 1.807) is 12.2 Å². The molecule has 7 rings (SSSR count). The average Bonchev–Trinajstić information content (AvgIpc) is 3.53. The molecule has 46 heavy (non-hydrogen) atoms. The lowest BCUT2D eigenvalue weighted by Crippen LogP contribution is -2.63. The minimum Gasteiger partial charge on any atom is -0.493 e. The van der Waals surface area contributed by atoms with Crippen molar-refractivity contribution in [2.75, 3.05) is 18.9 Å². The molecule has 0 amide bonds. The second-order valence-electron chi connectivity index (χ2n) is 14.0.